The number of nitriles is 1. The summed E-state index contributed by atoms with van der Waals surface area (Å²) in [6.07, 6.45) is 2.54. The van der Waals surface area contributed by atoms with Crippen molar-refractivity contribution >= 4 is 12.0 Å². The summed E-state index contributed by atoms with van der Waals surface area (Å²) in [5, 5.41) is 16.7. The van der Waals surface area contributed by atoms with Gasteiger partial charge in [0.1, 0.15) is 11.8 Å². The molecule has 4 heteroatoms. The molecule has 0 amide bonds. The highest BCUT2D eigenvalue weighted by Gasteiger charge is 1.93. The number of carboxylic acids is 1. The van der Waals surface area contributed by atoms with Gasteiger partial charge in [0.2, 0.25) is 0 Å². The highest BCUT2D eigenvalue weighted by molar-refractivity contribution is 5.85. The number of rotatable bonds is 4. The van der Waals surface area contributed by atoms with Crippen molar-refractivity contribution in [3.05, 3.63) is 35.9 Å². The molecule has 76 valence electrons. The molecular formula is C11H9NO3. The molecule has 1 rings (SSSR count). The number of aliphatic carboxylic acids is 1. The van der Waals surface area contributed by atoms with Crippen molar-refractivity contribution in [3.8, 4) is 11.8 Å². The predicted molar refractivity (Wildman–Crippen MR) is 54.2 cm³/mol. The van der Waals surface area contributed by atoms with Gasteiger partial charge in [-0.3, -0.25) is 0 Å². The maximum absolute atomic E-state index is 10.2. The SMILES string of the molecule is N#CCOc1ccc(/C=C/C(=O)O)cc1. The van der Waals surface area contributed by atoms with E-state index in [0.29, 0.717) is 5.75 Å². The zero-order valence-corrected chi connectivity index (χ0v) is 7.88. The summed E-state index contributed by atoms with van der Waals surface area (Å²) in [6.45, 7) is 0.00428. The number of ether oxygens (including phenoxy) is 1. The predicted octanol–water partition coefficient (Wildman–Crippen LogP) is 1.69. The largest absolute Gasteiger partial charge is 0.479 e. The minimum Gasteiger partial charge on any atom is -0.479 e. The lowest BCUT2D eigenvalue weighted by atomic mass is 10.2. The van der Waals surface area contributed by atoms with Gasteiger partial charge in [0.15, 0.2) is 6.61 Å². The van der Waals surface area contributed by atoms with Gasteiger partial charge in [-0.2, -0.15) is 5.26 Å². The molecule has 0 aromatic heterocycles. The van der Waals surface area contributed by atoms with Crippen LogP contribution in [0.4, 0.5) is 0 Å². The number of hydrogen-bond acceptors (Lipinski definition) is 3. The number of hydrogen-bond donors (Lipinski definition) is 1. The highest BCUT2D eigenvalue weighted by Crippen LogP contribution is 2.12. The Kier molecular flexibility index (Phi) is 3.92. The van der Waals surface area contributed by atoms with Gasteiger partial charge in [-0.1, -0.05) is 12.1 Å². The number of benzene rings is 1. The topological polar surface area (TPSA) is 70.3 Å². The highest BCUT2D eigenvalue weighted by atomic mass is 16.5. The molecule has 0 heterocycles. The van der Waals surface area contributed by atoms with Gasteiger partial charge in [0, 0.05) is 6.08 Å². The Morgan fingerprint density at radius 1 is 1.47 bits per heavy atom. The Morgan fingerprint density at radius 3 is 2.67 bits per heavy atom. The van der Waals surface area contributed by atoms with Gasteiger partial charge in [0.05, 0.1) is 0 Å². The van der Waals surface area contributed by atoms with Gasteiger partial charge < -0.3 is 9.84 Å². The fourth-order valence-electron chi connectivity index (χ4n) is 0.958. The Balaban J connectivity index is 2.64. The van der Waals surface area contributed by atoms with Crippen LogP contribution in [0.3, 0.4) is 0 Å². The van der Waals surface area contributed by atoms with Crippen molar-refractivity contribution in [1.82, 2.24) is 0 Å². The molecule has 4 nitrogen and oxygen atoms in total. The van der Waals surface area contributed by atoms with E-state index in [9.17, 15) is 4.79 Å². The van der Waals surface area contributed by atoms with E-state index in [1.165, 1.54) is 6.08 Å². The van der Waals surface area contributed by atoms with Crippen LogP contribution in [0.15, 0.2) is 30.3 Å². The van der Waals surface area contributed by atoms with Crippen molar-refractivity contribution in [2.75, 3.05) is 6.61 Å². The standard InChI is InChI=1S/C11H9NO3/c12-7-8-15-10-4-1-9(2-5-10)3-6-11(13)14/h1-6H,8H2,(H,13,14)/b6-3+. The molecule has 1 aromatic carbocycles. The lowest BCUT2D eigenvalue weighted by molar-refractivity contribution is -0.131. The van der Waals surface area contributed by atoms with Crippen LogP contribution < -0.4 is 4.74 Å². The van der Waals surface area contributed by atoms with Crippen molar-refractivity contribution in [2.24, 2.45) is 0 Å². The van der Waals surface area contributed by atoms with Crippen molar-refractivity contribution in [3.63, 3.8) is 0 Å². The minimum atomic E-state index is -0.986. The lowest BCUT2D eigenvalue weighted by Crippen LogP contribution is -1.92. The molecule has 0 fully saturated rings. The molecule has 1 N–H and O–H groups in total. The molecule has 0 saturated heterocycles. The summed E-state index contributed by atoms with van der Waals surface area (Å²) in [5.41, 5.74) is 0.765. The molecule has 0 aliphatic heterocycles. The van der Waals surface area contributed by atoms with E-state index >= 15 is 0 Å². The molecule has 0 aliphatic rings. The van der Waals surface area contributed by atoms with Gasteiger partial charge >= 0.3 is 5.97 Å². The lowest BCUT2D eigenvalue weighted by Gasteiger charge is -2.00. The molecule has 0 aliphatic carbocycles. The van der Waals surface area contributed by atoms with Crippen molar-refractivity contribution < 1.29 is 14.6 Å². The van der Waals surface area contributed by atoms with Crippen molar-refractivity contribution in [2.45, 2.75) is 0 Å². The van der Waals surface area contributed by atoms with Gasteiger partial charge in [0.25, 0.3) is 0 Å². The first-order valence-corrected chi connectivity index (χ1v) is 4.23. The van der Waals surface area contributed by atoms with Crippen LogP contribution in [-0.4, -0.2) is 17.7 Å². The molecule has 0 bridgehead atoms. The summed E-state index contributed by atoms with van der Waals surface area (Å²) in [6, 6.07) is 8.64. The van der Waals surface area contributed by atoms with E-state index in [4.69, 9.17) is 15.1 Å². The second kappa shape index (κ2) is 5.45. The Bertz CT molecular complexity index is 401. The molecule has 0 atom stereocenters. The van der Waals surface area contributed by atoms with Crippen LogP contribution in [0.2, 0.25) is 0 Å². The summed E-state index contributed by atoms with van der Waals surface area (Å²) >= 11 is 0. The zero-order chi connectivity index (χ0) is 11.1. The summed E-state index contributed by atoms with van der Waals surface area (Å²) in [7, 11) is 0. The minimum absolute atomic E-state index is 0.00428. The first-order chi connectivity index (χ1) is 7.22. The second-order valence-electron chi connectivity index (χ2n) is 2.69. The van der Waals surface area contributed by atoms with E-state index in [-0.39, 0.29) is 6.61 Å². The third kappa shape index (κ3) is 3.96. The maximum Gasteiger partial charge on any atom is 0.328 e. The molecule has 0 saturated carbocycles. The summed E-state index contributed by atoms with van der Waals surface area (Å²) < 4.78 is 5.03. The third-order valence-corrected chi connectivity index (χ3v) is 1.60. The number of carbonyl (C=O) groups is 1. The second-order valence-corrected chi connectivity index (χ2v) is 2.69. The van der Waals surface area contributed by atoms with Crippen LogP contribution in [0.25, 0.3) is 6.08 Å². The van der Waals surface area contributed by atoms with Crippen LogP contribution in [-0.2, 0) is 4.79 Å². The normalized spacial score (nSPS) is 9.80. The van der Waals surface area contributed by atoms with E-state index in [1.807, 2.05) is 6.07 Å². The smallest absolute Gasteiger partial charge is 0.328 e. The zero-order valence-electron chi connectivity index (χ0n) is 7.88. The Morgan fingerprint density at radius 2 is 2.13 bits per heavy atom. The van der Waals surface area contributed by atoms with Crippen LogP contribution >= 0.6 is 0 Å². The van der Waals surface area contributed by atoms with Gasteiger partial charge in [-0.25, -0.2) is 4.79 Å². The number of carboxylic acid groups (broad SMARTS) is 1. The van der Waals surface area contributed by atoms with Crippen LogP contribution in [0.1, 0.15) is 5.56 Å². The van der Waals surface area contributed by atoms with E-state index in [0.717, 1.165) is 11.6 Å². The first kappa shape index (κ1) is 10.8. The Hall–Kier alpha value is -2.28. The average molecular weight is 203 g/mol. The van der Waals surface area contributed by atoms with Gasteiger partial charge in [-0.05, 0) is 23.8 Å². The van der Waals surface area contributed by atoms with Crippen LogP contribution in [0.5, 0.6) is 5.75 Å². The summed E-state index contributed by atoms with van der Waals surface area (Å²) in [4.78, 5) is 10.2. The quantitative estimate of drug-likeness (QED) is 0.756. The third-order valence-electron chi connectivity index (χ3n) is 1.60. The maximum atomic E-state index is 10.2. The van der Waals surface area contributed by atoms with E-state index < -0.39 is 5.97 Å². The molecule has 1 aromatic rings. The Labute approximate surface area is 87.0 Å². The molecule has 0 spiro atoms. The van der Waals surface area contributed by atoms with Crippen LogP contribution in [0, 0.1) is 11.3 Å². The molecule has 15 heavy (non-hydrogen) atoms. The molecular weight excluding hydrogens is 194 g/mol. The van der Waals surface area contributed by atoms with E-state index in [2.05, 4.69) is 0 Å². The fraction of sp³-hybridized carbons (Fsp3) is 0.0909. The molecule has 0 radical (unpaired) electrons. The summed E-state index contributed by atoms with van der Waals surface area (Å²) in [5.74, 6) is -0.399. The van der Waals surface area contributed by atoms with E-state index in [1.54, 1.807) is 24.3 Å². The van der Waals surface area contributed by atoms with Gasteiger partial charge in [-0.15, -0.1) is 0 Å². The fourth-order valence-corrected chi connectivity index (χ4v) is 0.958. The average Bonchev–Trinajstić information content (AvgIpc) is 2.25. The number of nitrogens with zero attached hydrogens (tertiary/aromatic N) is 1. The first-order valence-electron chi connectivity index (χ1n) is 4.23. The monoisotopic (exact) mass is 203 g/mol. The molecule has 0 unspecified atom stereocenters. The van der Waals surface area contributed by atoms with Crippen molar-refractivity contribution in [1.29, 1.82) is 5.26 Å².